The normalized spacial score (nSPS) is 22.6. The summed E-state index contributed by atoms with van der Waals surface area (Å²) in [6.45, 7) is 5.91. The van der Waals surface area contributed by atoms with Gasteiger partial charge in [0.05, 0.1) is 0 Å². The molecular weight excluding hydrogens is 364 g/mol. The third-order valence-corrected chi connectivity index (χ3v) is 5.35. The Morgan fingerprint density at radius 2 is 1.85 bits per heavy atom. The summed E-state index contributed by atoms with van der Waals surface area (Å²) in [5.74, 6) is 0.0718. The Balaban J connectivity index is 0.00000261. The minimum atomic E-state index is -0.498. The van der Waals surface area contributed by atoms with E-state index in [4.69, 9.17) is 0 Å². The number of halogens is 1. The minimum absolute atomic E-state index is 0. The fourth-order valence-electron chi connectivity index (χ4n) is 3.82. The van der Waals surface area contributed by atoms with Gasteiger partial charge in [-0.25, -0.2) is 4.79 Å². The molecule has 3 N–H and O–H groups in total. The Kier molecular flexibility index (Phi) is 7.92. The molecule has 3 unspecified atom stereocenters. The highest BCUT2D eigenvalue weighted by atomic mass is 35.5. The number of fused-ring (bicyclic) bond motifs is 2. The number of amides is 3. The maximum atomic E-state index is 13.0. The van der Waals surface area contributed by atoms with E-state index in [2.05, 4.69) is 16.0 Å². The lowest BCUT2D eigenvalue weighted by molar-refractivity contribution is -0.134. The van der Waals surface area contributed by atoms with Gasteiger partial charge in [-0.2, -0.15) is 0 Å². The number of carbonyl (C=O) groups excluding carboxylic acids is 2. The molecule has 2 aliphatic rings. The van der Waals surface area contributed by atoms with Gasteiger partial charge in [0, 0.05) is 31.7 Å². The van der Waals surface area contributed by atoms with Gasteiger partial charge in [-0.3, -0.25) is 4.79 Å². The maximum Gasteiger partial charge on any atom is 0.315 e. The highest BCUT2D eigenvalue weighted by molar-refractivity contribution is 5.87. The zero-order valence-electron chi connectivity index (χ0n) is 16.1. The molecule has 0 radical (unpaired) electrons. The van der Waals surface area contributed by atoms with Crippen LogP contribution in [0.3, 0.4) is 0 Å². The second-order valence-electron chi connectivity index (χ2n) is 7.75. The second kappa shape index (κ2) is 9.95. The predicted molar refractivity (Wildman–Crippen MR) is 109 cm³/mol. The van der Waals surface area contributed by atoms with E-state index in [-0.39, 0.29) is 30.3 Å². The van der Waals surface area contributed by atoms with Crippen LogP contribution in [0.15, 0.2) is 30.3 Å². The zero-order valence-corrected chi connectivity index (χ0v) is 16.9. The van der Waals surface area contributed by atoms with Crippen LogP contribution in [-0.4, -0.2) is 48.1 Å². The largest absolute Gasteiger partial charge is 0.339 e. The Hall–Kier alpha value is -1.79. The Bertz CT molecular complexity index is 626. The number of hydrogen-bond acceptors (Lipinski definition) is 3. The van der Waals surface area contributed by atoms with Gasteiger partial charge in [-0.05, 0) is 30.7 Å². The first kappa shape index (κ1) is 21.5. The Morgan fingerprint density at radius 3 is 2.56 bits per heavy atom. The summed E-state index contributed by atoms with van der Waals surface area (Å²) in [6.07, 6.45) is 3.33. The number of rotatable bonds is 5. The lowest BCUT2D eigenvalue weighted by atomic mass is 10.0. The third kappa shape index (κ3) is 5.84. The Morgan fingerprint density at radius 1 is 1.15 bits per heavy atom. The third-order valence-electron chi connectivity index (χ3n) is 5.35. The Labute approximate surface area is 167 Å². The van der Waals surface area contributed by atoms with E-state index < -0.39 is 6.04 Å². The van der Waals surface area contributed by atoms with Gasteiger partial charge in [0.25, 0.3) is 0 Å². The first-order chi connectivity index (χ1) is 12.5. The van der Waals surface area contributed by atoms with Crippen molar-refractivity contribution in [1.82, 2.24) is 20.9 Å². The van der Waals surface area contributed by atoms with Gasteiger partial charge in [0.2, 0.25) is 5.91 Å². The average molecular weight is 395 g/mol. The summed E-state index contributed by atoms with van der Waals surface area (Å²) in [5, 5.41) is 9.33. The summed E-state index contributed by atoms with van der Waals surface area (Å²) in [6, 6.07) is 9.89. The van der Waals surface area contributed by atoms with E-state index in [1.807, 2.05) is 49.1 Å². The highest BCUT2D eigenvalue weighted by Gasteiger charge is 2.35. The predicted octanol–water partition coefficient (Wildman–Crippen LogP) is 2.29. The molecule has 2 bridgehead atoms. The molecule has 0 aromatic heterocycles. The number of likely N-dealkylation sites (tertiary alicyclic amines) is 1. The summed E-state index contributed by atoms with van der Waals surface area (Å²) < 4.78 is 0. The molecule has 1 aromatic rings. The van der Waals surface area contributed by atoms with Crippen molar-refractivity contribution in [2.75, 3.05) is 13.1 Å². The number of benzene rings is 1. The van der Waals surface area contributed by atoms with Crippen LogP contribution >= 0.6 is 12.4 Å². The van der Waals surface area contributed by atoms with Gasteiger partial charge >= 0.3 is 6.03 Å². The van der Waals surface area contributed by atoms with Crippen molar-refractivity contribution in [2.45, 2.75) is 57.8 Å². The quantitative estimate of drug-likeness (QED) is 0.717. The van der Waals surface area contributed by atoms with Crippen LogP contribution in [0.5, 0.6) is 0 Å². The molecule has 2 fully saturated rings. The van der Waals surface area contributed by atoms with Crippen molar-refractivity contribution in [3.8, 4) is 0 Å². The molecule has 3 amide bonds. The average Bonchev–Trinajstić information content (AvgIpc) is 2.96. The number of carbonyl (C=O) groups is 2. The van der Waals surface area contributed by atoms with E-state index in [0.29, 0.717) is 18.6 Å². The standard InChI is InChI=1S/C20H30N4O2.ClH/c1-14(2)18(23-20(26)21-12-15-6-4-3-5-7-15)19(25)24-11-10-16-8-9-17(13-24)22-16;/h3-7,14,16-18,22H,8-13H2,1-2H3,(H2,21,23,26);1H. The molecule has 0 spiro atoms. The number of nitrogens with one attached hydrogen (secondary N) is 3. The van der Waals surface area contributed by atoms with Crippen molar-refractivity contribution in [1.29, 1.82) is 0 Å². The molecule has 2 heterocycles. The molecule has 7 heteroatoms. The van der Waals surface area contributed by atoms with Gasteiger partial charge in [-0.1, -0.05) is 44.2 Å². The summed E-state index contributed by atoms with van der Waals surface area (Å²) in [7, 11) is 0. The topological polar surface area (TPSA) is 73.5 Å². The summed E-state index contributed by atoms with van der Waals surface area (Å²) in [4.78, 5) is 27.3. The SMILES string of the molecule is CC(C)C(NC(=O)NCc1ccccc1)C(=O)N1CCC2CCC(C1)N2.Cl. The molecule has 2 aliphatic heterocycles. The monoisotopic (exact) mass is 394 g/mol. The molecular formula is C20H31ClN4O2. The van der Waals surface area contributed by atoms with Crippen LogP contribution in [0.1, 0.15) is 38.7 Å². The van der Waals surface area contributed by atoms with Crippen molar-refractivity contribution < 1.29 is 9.59 Å². The molecule has 0 saturated carbocycles. The van der Waals surface area contributed by atoms with Gasteiger partial charge < -0.3 is 20.9 Å². The lowest BCUT2D eigenvalue weighted by Crippen LogP contribution is -2.54. The van der Waals surface area contributed by atoms with Crippen molar-refractivity contribution in [3.63, 3.8) is 0 Å². The first-order valence-electron chi connectivity index (χ1n) is 9.66. The zero-order chi connectivity index (χ0) is 18.5. The number of hydrogen-bond donors (Lipinski definition) is 3. The van der Waals surface area contributed by atoms with E-state index in [9.17, 15) is 9.59 Å². The van der Waals surface area contributed by atoms with Crippen LogP contribution < -0.4 is 16.0 Å². The van der Waals surface area contributed by atoms with E-state index in [1.54, 1.807) is 0 Å². The van der Waals surface area contributed by atoms with Crippen molar-refractivity contribution in [3.05, 3.63) is 35.9 Å². The molecule has 6 nitrogen and oxygen atoms in total. The van der Waals surface area contributed by atoms with E-state index >= 15 is 0 Å². The fraction of sp³-hybridized carbons (Fsp3) is 0.600. The van der Waals surface area contributed by atoms with Gasteiger partial charge in [0.1, 0.15) is 6.04 Å². The van der Waals surface area contributed by atoms with Crippen molar-refractivity contribution >= 4 is 24.3 Å². The van der Waals surface area contributed by atoms with Crippen molar-refractivity contribution in [2.24, 2.45) is 5.92 Å². The maximum absolute atomic E-state index is 13.0. The van der Waals surface area contributed by atoms with Gasteiger partial charge in [-0.15, -0.1) is 12.4 Å². The highest BCUT2D eigenvalue weighted by Crippen LogP contribution is 2.21. The molecule has 1 aromatic carbocycles. The molecule has 0 aliphatic carbocycles. The first-order valence-corrected chi connectivity index (χ1v) is 9.66. The second-order valence-corrected chi connectivity index (χ2v) is 7.75. The fourth-order valence-corrected chi connectivity index (χ4v) is 3.82. The summed E-state index contributed by atoms with van der Waals surface area (Å²) in [5.41, 5.74) is 1.03. The number of nitrogens with zero attached hydrogens (tertiary/aromatic N) is 1. The molecule has 27 heavy (non-hydrogen) atoms. The summed E-state index contributed by atoms with van der Waals surface area (Å²) >= 11 is 0. The minimum Gasteiger partial charge on any atom is -0.339 e. The van der Waals surface area contributed by atoms with Crippen LogP contribution in [-0.2, 0) is 11.3 Å². The smallest absolute Gasteiger partial charge is 0.315 e. The van der Waals surface area contributed by atoms with Gasteiger partial charge in [0.15, 0.2) is 0 Å². The van der Waals surface area contributed by atoms with Crippen LogP contribution in [0, 0.1) is 5.92 Å². The molecule has 3 rings (SSSR count). The van der Waals surface area contributed by atoms with Crippen LogP contribution in [0.4, 0.5) is 4.79 Å². The molecule has 2 saturated heterocycles. The molecule has 150 valence electrons. The van der Waals surface area contributed by atoms with E-state index in [0.717, 1.165) is 31.5 Å². The number of urea groups is 1. The van der Waals surface area contributed by atoms with Crippen LogP contribution in [0.2, 0.25) is 0 Å². The molecule has 3 atom stereocenters. The van der Waals surface area contributed by atoms with E-state index in [1.165, 1.54) is 6.42 Å². The lowest BCUT2D eigenvalue weighted by Gasteiger charge is -2.30. The van der Waals surface area contributed by atoms with Crippen LogP contribution in [0.25, 0.3) is 0 Å².